The number of carbonyl (C=O) groups excluding carboxylic acids is 4. The minimum Gasteiger partial charge on any atom is -0.462 e. The molecule has 10 heteroatoms. The second kappa shape index (κ2) is 12.1. The Labute approximate surface area is 229 Å². The van der Waals surface area contributed by atoms with Gasteiger partial charge in [0.25, 0.3) is 11.1 Å². The van der Waals surface area contributed by atoms with E-state index in [4.69, 9.17) is 20.8 Å². The quantitative estimate of drug-likeness (QED) is 0.182. The van der Waals surface area contributed by atoms with Gasteiger partial charge in [-0.05, 0) is 67.1 Å². The molecule has 2 heterocycles. The smallest absolute Gasteiger partial charge is 0.338 e. The van der Waals surface area contributed by atoms with Gasteiger partial charge >= 0.3 is 5.97 Å². The molecular weight excluding hydrogens is 528 g/mol. The number of imide groups is 1. The van der Waals surface area contributed by atoms with E-state index in [1.165, 1.54) is 6.08 Å². The Morgan fingerprint density at radius 2 is 1.87 bits per heavy atom. The van der Waals surface area contributed by atoms with Crippen molar-refractivity contribution < 1.29 is 28.3 Å². The fourth-order valence-corrected chi connectivity index (χ4v) is 4.57. The number of esters is 1. The molecule has 0 saturated carbocycles. The molecule has 0 aliphatic carbocycles. The summed E-state index contributed by atoms with van der Waals surface area (Å²) < 4.78 is 11.1. The van der Waals surface area contributed by atoms with Gasteiger partial charge < -0.3 is 14.5 Å². The van der Waals surface area contributed by atoms with E-state index in [0.717, 1.165) is 40.6 Å². The normalized spacial score (nSPS) is 14.3. The number of carbonyl (C=O) groups is 4. The Morgan fingerprint density at radius 3 is 2.61 bits per heavy atom. The minimum absolute atomic E-state index is 0.146. The fourth-order valence-electron chi connectivity index (χ4n) is 3.58. The number of amides is 3. The molecule has 196 valence electrons. The summed E-state index contributed by atoms with van der Waals surface area (Å²) in [6, 6.07) is 15.3. The highest BCUT2D eigenvalue weighted by molar-refractivity contribution is 8.18. The fraction of sp³-hybridized carbons (Fsp3) is 0.214. The molecule has 0 radical (unpaired) electrons. The van der Waals surface area contributed by atoms with Crippen molar-refractivity contribution in [3.05, 3.63) is 81.4 Å². The molecule has 38 heavy (non-hydrogen) atoms. The van der Waals surface area contributed by atoms with Crippen LogP contribution in [0.1, 0.15) is 41.4 Å². The number of anilines is 1. The van der Waals surface area contributed by atoms with Crippen LogP contribution in [0.2, 0.25) is 5.02 Å². The Kier molecular flexibility index (Phi) is 8.70. The zero-order valence-electron chi connectivity index (χ0n) is 20.8. The number of rotatable bonds is 9. The van der Waals surface area contributed by atoms with Crippen LogP contribution in [0.4, 0.5) is 10.5 Å². The maximum atomic E-state index is 12.8. The first kappa shape index (κ1) is 27.2. The van der Waals surface area contributed by atoms with Gasteiger partial charge in [-0.1, -0.05) is 43.1 Å². The lowest BCUT2D eigenvalue weighted by molar-refractivity contribution is -0.127. The third kappa shape index (κ3) is 6.54. The Morgan fingerprint density at radius 1 is 1.11 bits per heavy atom. The lowest BCUT2D eigenvalue weighted by atomic mass is 10.1. The van der Waals surface area contributed by atoms with Crippen molar-refractivity contribution in [2.45, 2.75) is 26.7 Å². The van der Waals surface area contributed by atoms with Crippen LogP contribution in [0.3, 0.4) is 0 Å². The molecule has 0 bridgehead atoms. The van der Waals surface area contributed by atoms with Crippen molar-refractivity contribution in [3.8, 4) is 11.3 Å². The molecule has 3 amide bonds. The first-order valence-electron chi connectivity index (χ1n) is 11.9. The molecule has 2 aromatic carbocycles. The summed E-state index contributed by atoms with van der Waals surface area (Å²) in [5.41, 5.74) is 2.48. The van der Waals surface area contributed by atoms with Gasteiger partial charge in [0.15, 0.2) is 0 Å². The summed E-state index contributed by atoms with van der Waals surface area (Å²) in [6.45, 7) is 3.79. The van der Waals surface area contributed by atoms with Crippen LogP contribution in [0.25, 0.3) is 17.4 Å². The lowest BCUT2D eigenvalue weighted by Gasteiger charge is -2.13. The van der Waals surface area contributed by atoms with Gasteiger partial charge in [-0.15, -0.1) is 0 Å². The number of nitrogens with one attached hydrogen (secondary N) is 1. The molecule has 1 aliphatic rings. The summed E-state index contributed by atoms with van der Waals surface area (Å²) in [6.07, 6.45) is 3.22. The molecule has 4 rings (SSSR count). The van der Waals surface area contributed by atoms with Crippen molar-refractivity contribution in [2.24, 2.45) is 0 Å². The van der Waals surface area contributed by atoms with Crippen molar-refractivity contribution in [2.75, 3.05) is 18.5 Å². The van der Waals surface area contributed by atoms with E-state index in [1.807, 2.05) is 13.8 Å². The zero-order chi connectivity index (χ0) is 27.2. The van der Waals surface area contributed by atoms with Gasteiger partial charge in [0.05, 0.1) is 17.1 Å². The predicted octanol–water partition coefficient (Wildman–Crippen LogP) is 6.54. The number of nitrogens with zero attached hydrogens (tertiary/aromatic N) is 1. The molecule has 0 spiro atoms. The van der Waals surface area contributed by atoms with E-state index < -0.39 is 23.6 Å². The summed E-state index contributed by atoms with van der Waals surface area (Å²) in [5, 5.41) is 2.59. The average Bonchev–Trinajstić information content (AvgIpc) is 3.46. The summed E-state index contributed by atoms with van der Waals surface area (Å²) in [4.78, 5) is 50.9. The largest absolute Gasteiger partial charge is 0.462 e. The van der Waals surface area contributed by atoms with Gasteiger partial charge in [0.1, 0.15) is 18.1 Å². The van der Waals surface area contributed by atoms with E-state index in [2.05, 4.69) is 5.32 Å². The SMILES string of the molecule is CCCCOC(=O)c1ccc(-c2ccc(/C=C3/SC(=O)N(CC(=O)Nc4cc(Cl)ccc4C)C3=O)o2)cc1. The topological polar surface area (TPSA) is 106 Å². The van der Waals surface area contributed by atoms with Crippen LogP contribution in [0.5, 0.6) is 0 Å². The first-order chi connectivity index (χ1) is 18.2. The predicted molar refractivity (Wildman–Crippen MR) is 147 cm³/mol. The maximum absolute atomic E-state index is 12.8. The molecule has 1 aliphatic heterocycles. The first-order valence-corrected chi connectivity index (χ1v) is 13.1. The average molecular weight is 553 g/mol. The van der Waals surface area contributed by atoms with Crippen LogP contribution >= 0.6 is 23.4 Å². The number of halogens is 1. The zero-order valence-corrected chi connectivity index (χ0v) is 22.4. The number of benzene rings is 2. The van der Waals surface area contributed by atoms with Gasteiger partial charge in [-0.3, -0.25) is 19.3 Å². The number of furan rings is 1. The van der Waals surface area contributed by atoms with Crippen molar-refractivity contribution in [3.63, 3.8) is 0 Å². The highest BCUT2D eigenvalue weighted by Crippen LogP contribution is 2.33. The molecule has 8 nitrogen and oxygen atoms in total. The number of hydrogen-bond acceptors (Lipinski definition) is 7. The molecule has 1 saturated heterocycles. The molecular formula is C28H25ClN2O6S. The lowest BCUT2D eigenvalue weighted by Crippen LogP contribution is -2.36. The number of unbranched alkanes of at least 4 members (excludes halogenated alkanes) is 1. The van der Waals surface area contributed by atoms with Crippen LogP contribution in [0, 0.1) is 6.92 Å². The van der Waals surface area contributed by atoms with Gasteiger partial charge in [-0.2, -0.15) is 0 Å². The molecule has 0 atom stereocenters. The van der Waals surface area contributed by atoms with Crippen LogP contribution in [-0.4, -0.2) is 41.1 Å². The minimum atomic E-state index is -0.582. The third-order valence-electron chi connectivity index (χ3n) is 5.69. The van der Waals surface area contributed by atoms with Crippen molar-refractivity contribution in [1.82, 2.24) is 4.90 Å². The molecule has 0 unspecified atom stereocenters. The Balaban J connectivity index is 1.40. The maximum Gasteiger partial charge on any atom is 0.338 e. The van der Waals surface area contributed by atoms with Gasteiger partial charge in [0.2, 0.25) is 5.91 Å². The van der Waals surface area contributed by atoms with E-state index in [-0.39, 0.29) is 10.9 Å². The highest BCUT2D eigenvalue weighted by Gasteiger charge is 2.36. The summed E-state index contributed by atoms with van der Waals surface area (Å²) in [5.74, 6) is -0.582. The second-order valence-corrected chi connectivity index (χ2v) is 9.97. The van der Waals surface area contributed by atoms with Crippen LogP contribution in [0.15, 0.2) is 63.9 Å². The van der Waals surface area contributed by atoms with Crippen molar-refractivity contribution >= 4 is 58.1 Å². The van der Waals surface area contributed by atoms with E-state index in [9.17, 15) is 19.2 Å². The molecule has 3 aromatic rings. The number of aryl methyl sites for hydroxylation is 1. The van der Waals surface area contributed by atoms with E-state index >= 15 is 0 Å². The standard InChI is InChI=1S/C28H25ClN2O6S/c1-3-4-13-36-27(34)19-8-6-18(7-9-19)23-12-11-21(37-23)15-24-26(33)31(28(35)38-24)16-25(32)30-22-14-20(29)10-5-17(22)2/h5-12,14-15H,3-4,13,16H2,1-2H3,(H,30,32)/b24-15+. The Bertz CT molecular complexity index is 1410. The molecule has 1 fully saturated rings. The monoisotopic (exact) mass is 552 g/mol. The Hall–Kier alpha value is -3.82. The highest BCUT2D eigenvalue weighted by atomic mass is 35.5. The van der Waals surface area contributed by atoms with E-state index in [1.54, 1.807) is 54.6 Å². The summed E-state index contributed by atoms with van der Waals surface area (Å²) >= 11 is 6.72. The number of hydrogen-bond donors (Lipinski definition) is 1. The van der Waals surface area contributed by atoms with E-state index in [0.29, 0.717) is 34.4 Å². The molecule has 1 aromatic heterocycles. The summed E-state index contributed by atoms with van der Waals surface area (Å²) in [7, 11) is 0. The van der Waals surface area contributed by atoms with Crippen LogP contribution in [-0.2, 0) is 14.3 Å². The van der Waals surface area contributed by atoms with Gasteiger partial charge in [0, 0.05) is 22.3 Å². The van der Waals surface area contributed by atoms with Gasteiger partial charge in [-0.25, -0.2) is 4.79 Å². The molecule has 1 N–H and O–H groups in total. The second-order valence-electron chi connectivity index (χ2n) is 8.54. The van der Waals surface area contributed by atoms with Crippen molar-refractivity contribution in [1.29, 1.82) is 0 Å². The third-order valence-corrected chi connectivity index (χ3v) is 6.83. The van der Waals surface area contributed by atoms with Crippen LogP contribution < -0.4 is 5.32 Å². The number of ether oxygens (including phenoxy) is 1. The number of thioether (sulfide) groups is 1.